The van der Waals surface area contributed by atoms with Crippen LogP contribution in [-0.2, 0) is 27.9 Å². The zero-order chi connectivity index (χ0) is 54.3. The van der Waals surface area contributed by atoms with E-state index in [1.165, 1.54) is 51.4 Å². The lowest BCUT2D eigenvalue weighted by molar-refractivity contribution is -0.870. The van der Waals surface area contributed by atoms with Gasteiger partial charge >= 0.3 is 13.8 Å². The number of rotatable bonds is 49. The van der Waals surface area contributed by atoms with Crippen LogP contribution in [0.4, 0.5) is 0 Å². The minimum atomic E-state index is -4.48. The zero-order valence-corrected chi connectivity index (χ0v) is 48.4. The third kappa shape index (κ3) is 52.7. The number of esters is 1. The van der Waals surface area contributed by atoms with Crippen LogP contribution < -0.4 is 5.32 Å². The molecule has 0 aromatic rings. The van der Waals surface area contributed by atoms with Crippen molar-refractivity contribution in [3.8, 4) is 0 Å². The number of nitrogens with one attached hydrogen (secondary N) is 1. The van der Waals surface area contributed by atoms with Crippen molar-refractivity contribution in [2.24, 2.45) is 0 Å². The van der Waals surface area contributed by atoms with Crippen LogP contribution in [0.15, 0.2) is 146 Å². The highest BCUT2D eigenvalue weighted by atomic mass is 31.2. The van der Waals surface area contributed by atoms with Crippen molar-refractivity contribution in [2.75, 3.05) is 40.9 Å². The first-order chi connectivity index (χ1) is 35.9. The number of amides is 1. The Kier molecular flexibility index (Phi) is 49.4. The number of allylic oxidation sites excluding steroid dienone is 23. The molecule has 9 nitrogen and oxygen atoms in total. The second-order valence-corrected chi connectivity index (χ2v) is 21.3. The number of hydrogen-bond acceptors (Lipinski definition) is 6. The summed E-state index contributed by atoms with van der Waals surface area (Å²) in [6, 6.07) is -0.895. The smallest absolute Gasteiger partial charge is 0.456 e. The lowest BCUT2D eigenvalue weighted by Crippen LogP contribution is -2.47. The fraction of sp³-hybridized carbons (Fsp3) is 0.594. The molecular formula is C64H106N2O7P+. The van der Waals surface area contributed by atoms with Crippen molar-refractivity contribution in [2.45, 2.75) is 206 Å². The molecule has 0 heterocycles. The van der Waals surface area contributed by atoms with Crippen molar-refractivity contribution >= 4 is 19.7 Å². The molecule has 3 atom stereocenters. The van der Waals surface area contributed by atoms with E-state index in [0.29, 0.717) is 23.9 Å². The number of quaternary nitrogens is 1. The van der Waals surface area contributed by atoms with Gasteiger partial charge in [-0.1, -0.05) is 231 Å². The molecule has 0 aliphatic heterocycles. The number of nitrogens with zero attached hydrogens (tertiary/aromatic N) is 1. The van der Waals surface area contributed by atoms with Gasteiger partial charge in [0, 0.05) is 12.8 Å². The molecule has 0 radical (unpaired) electrons. The maximum atomic E-state index is 13.5. The molecule has 418 valence electrons. The fourth-order valence-corrected chi connectivity index (χ4v) is 8.03. The summed E-state index contributed by atoms with van der Waals surface area (Å²) >= 11 is 0. The van der Waals surface area contributed by atoms with Gasteiger partial charge in [0.15, 0.2) is 0 Å². The van der Waals surface area contributed by atoms with Crippen LogP contribution in [0.2, 0.25) is 0 Å². The van der Waals surface area contributed by atoms with Gasteiger partial charge in [0.2, 0.25) is 5.91 Å². The average Bonchev–Trinajstić information content (AvgIpc) is 3.36. The maximum Gasteiger partial charge on any atom is 0.472 e. The van der Waals surface area contributed by atoms with Gasteiger partial charge in [-0.25, -0.2) is 4.57 Å². The number of carbonyl (C=O) groups excluding carboxylic acids is 2. The molecule has 0 spiro atoms. The Morgan fingerprint density at radius 3 is 1.46 bits per heavy atom. The molecule has 0 rings (SSSR count). The van der Waals surface area contributed by atoms with Crippen molar-refractivity contribution in [1.29, 1.82) is 0 Å². The molecule has 1 amide bonds. The molecular weight excluding hydrogens is 940 g/mol. The summed E-state index contributed by atoms with van der Waals surface area (Å²) in [6.07, 6.45) is 75.6. The first-order valence-electron chi connectivity index (χ1n) is 28.7. The normalized spacial score (nSPS) is 14.9. The van der Waals surface area contributed by atoms with Crippen LogP contribution in [0, 0.1) is 0 Å². The average molecular weight is 1050 g/mol. The van der Waals surface area contributed by atoms with Gasteiger partial charge in [-0.3, -0.25) is 18.6 Å². The highest BCUT2D eigenvalue weighted by Crippen LogP contribution is 2.43. The van der Waals surface area contributed by atoms with Crippen molar-refractivity contribution in [3.63, 3.8) is 0 Å². The third-order valence-corrected chi connectivity index (χ3v) is 12.7. The minimum absolute atomic E-state index is 0.0166. The lowest BCUT2D eigenvalue weighted by atomic mass is 10.1. The van der Waals surface area contributed by atoms with E-state index in [2.05, 4.69) is 99.0 Å². The molecule has 0 aromatic heterocycles. The zero-order valence-electron chi connectivity index (χ0n) is 47.5. The van der Waals surface area contributed by atoms with Crippen molar-refractivity contribution < 1.29 is 37.3 Å². The van der Waals surface area contributed by atoms with Gasteiger partial charge in [-0.2, -0.15) is 0 Å². The number of ether oxygens (including phenoxy) is 1. The highest BCUT2D eigenvalue weighted by molar-refractivity contribution is 7.47. The van der Waals surface area contributed by atoms with Gasteiger partial charge in [-0.05, 0) is 96.0 Å². The Labute approximate surface area is 453 Å². The van der Waals surface area contributed by atoms with E-state index >= 15 is 0 Å². The predicted octanol–water partition coefficient (Wildman–Crippen LogP) is 17.5. The van der Waals surface area contributed by atoms with E-state index in [1.807, 2.05) is 94.1 Å². The van der Waals surface area contributed by atoms with E-state index in [4.69, 9.17) is 13.8 Å². The standard InChI is InChI=1S/C64H105N2O7P/c1-7-10-13-16-19-22-25-28-30-32-33-35-36-38-41-44-47-50-53-56-63(67)65-61(60-72-74(69,70)71-59-58-66(4,5)6)62(55-52-49-46-43-40-27-24-21-18-15-12-9-3)73-64(68)57-54-51-48-45-42-39-37-34-31-29-26-23-20-17-14-11-8-2/h10-11,13-14,17,19-20,22-23,26,28-31,33-35,37-39,41-42,52,55,61-62H,7-9,12,15-16,18,21,24-25,27,32,36,40,43-51,53-54,56-60H2,1-6H3,(H-,65,67,69,70)/p+1/b13-10-,14-11-,20-17+,22-19-,26-23+,30-28-,31-29-,35-33-,37-34+,41-38-,42-39+,55-52+. The monoisotopic (exact) mass is 1050 g/mol. The summed E-state index contributed by atoms with van der Waals surface area (Å²) in [7, 11) is 1.42. The Bertz CT molecular complexity index is 1770. The number of likely N-dealkylation sites (N-methyl/N-ethyl adjacent to an activating group) is 1. The third-order valence-electron chi connectivity index (χ3n) is 11.7. The lowest BCUT2D eigenvalue weighted by Gasteiger charge is -2.27. The summed E-state index contributed by atoms with van der Waals surface area (Å²) in [4.78, 5) is 37.6. The molecule has 0 aromatic carbocycles. The molecule has 0 bridgehead atoms. The number of phosphoric acid groups is 1. The van der Waals surface area contributed by atoms with E-state index < -0.39 is 20.0 Å². The molecule has 2 N–H and O–H groups in total. The molecule has 10 heteroatoms. The van der Waals surface area contributed by atoms with Gasteiger partial charge < -0.3 is 19.4 Å². The van der Waals surface area contributed by atoms with Crippen LogP contribution in [0.25, 0.3) is 0 Å². The number of unbranched alkanes of at least 4 members (excludes halogenated alkanes) is 16. The molecule has 0 fully saturated rings. The fourth-order valence-electron chi connectivity index (χ4n) is 7.29. The second kappa shape index (κ2) is 52.3. The molecule has 0 aliphatic carbocycles. The van der Waals surface area contributed by atoms with Crippen molar-refractivity contribution in [1.82, 2.24) is 5.32 Å². The van der Waals surface area contributed by atoms with E-state index in [9.17, 15) is 19.0 Å². The number of phosphoric ester groups is 1. The van der Waals surface area contributed by atoms with Gasteiger partial charge in [0.05, 0.1) is 33.8 Å². The molecule has 74 heavy (non-hydrogen) atoms. The Balaban J connectivity index is 5.51. The summed E-state index contributed by atoms with van der Waals surface area (Å²) < 4.78 is 30.6. The molecule has 0 aliphatic rings. The molecule has 3 unspecified atom stereocenters. The van der Waals surface area contributed by atoms with Crippen LogP contribution in [0.1, 0.15) is 194 Å². The Hall–Kier alpha value is -4.11. The maximum absolute atomic E-state index is 13.5. The first-order valence-corrected chi connectivity index (χ1v) is 30.2. The van der Waals surface area contributed by atoms with Gasteiger partial charge in [0.1, 0.15) is 19.3 Å². The Morgan fingerprint density at radius 2 is 0.932 bits per heavy atom. The van der Waals surface area contributed by atoms with Crippen molar-refractivity contribution in [3.05, 3.63) is 146 Å². The topological polar surface area (TPSA) is 111 Å². The first kappa shape index (κ1) is 69.9. The summed E-state index contributed by atoms with van der Waals surface area (Å²) in [5.41, 5.74) is 0. The van der Waals surface area contributed by atoms with E-state index in [-0.39, 0.29) is 37.9 Å². The minimum Gasteiger partial charge on any atom is -0.456 e. The van der Waals surface area contributed by atoms with Gasteiger partial charge in [-0.15, -0.1) is 0 Å². The van der Waals surface area contributed by atoms with E-state index in [0.717, 1.165) is 96.3 Å². The summed E-state index contributed by atoms with van der Waals surface area (Å²) in [5, 5.41) is 3.01. The second-order valence-electron chi connectivity index (χ2n) is 19.8. The summed E-state index contributed by atoms with van der Waals surface area (Å²) in [6.45, 7) is 6.65. The van der Waals surface area contributed by atoms with Crippen LogP contribution in [-0.4, -0.2) is 74.3 Å². The number of carbonyl (C=O) groups is 2. The SMILES string of the molecule is CC\C=C/C=C/C=C/C=C\C=C\C=C\CCCCCC(=O)OC(/C=C/CCCCCCCCCCCC)C(COP(=O)(O)OCC[N+](C)(C)C)NC(=O)CCCCC/C=C\C/C=C\C/C=C\C/C=C\C/C=C\CC. The Morgan fingerprint density at radius 1 is 0.500 bits per heavy atom. The quantitative estimate of drug-likeness (QED) is 0.0156. The van der Waals surface area contributed by atoms with Crippen LogP contribution in [0.3, 0.4) is 0 Å². The number of hydrogen-bond donors (Lipinski definition) is 2. The summed E-state index contributed by atoms with van der Waals surface area (Å²) in [5.74, 6) is -0.609. The molecule has 0 saturated heterocycles. The predicted molar refractivity (Wildman–Crippen MR) is 318 cm³/mol. The highest BCUT2D eigenvalue weighted by Gasteiger charge is 2.30. The van der Waals surface area contributed by atoms with Crippen LogP contribution in [0.5, 0.6) is 0 Å². The van der Waals surface area contributed by atoms with Crippen LogP contribution >= 0.6 is 7.82 Å². The molecule has 0 saturated carbocycles. The van der Waals surface area contributed by atoms with E-state index in [1.54, 1.807) is 0 Å². The largest absolute Gasteiger partial charge is 0.472 e. The van der Waals surface area contributed by atoms with Gasteiger partial charge in [0.25, 0.3) is 0 Å².